The van der Waals surface area contributed by atoms with E-state index in [4.69, 9.17) is 4.74 Å². The molecule has 0 saturated carbocycles. The van der Waals surface area contributed by atoms with Crippen molar-refractivity contribution in [2.75, 3.05) is 33.4 Å². The predicted octanol–water partition coefficient (Wildman–Crippen LogP) is 2.75. The molecule has 2 aromatic rings. The van der Waals surface area contributed by atoms with Gasteiger partial charge < -0.3 is 19.5 Å². The van der Waals surface area contributed by atoms with Crippen molar-refractivity contribution >= 4 is 5.96 Å². The molecule has 0 aliphatic carbocycles. The van der Waals surface area contributed by atoms with E-state index >= 15 is 0 Å². The summed E-state index contributed by atoms with van der Waals surface area (Å²) >= 11 is 0. The Labute approximate surface area is 160 Å². The number of benzene rings is 1. The highest BCUT2D eigenvalue weighted by Gasteiger charge is 2.19. The molecule has 0 bridgehead atoms. The van der Waals surface area contributed by atoms with E-state index < -0.39 is 0 Å². The number of nitrogens with zero attached hydrogens (tertiary/aromatic N) is 4. The number of hydrogen-bond acceptors (Lipinski definition) is 3. The maximum atomic E-state index is 14.6. The first kappa shape index (κ1) is 19.4. The summed E-state index contributed by atoms with van der Waals surface area (Å²) in [4.78, 5) is 11.0. The zero-order valence-electron chi connectivity index (χ0n) is 16.3. The fourth-order valence-electron chi connectivity index (χ4n) is 3.31. The van der Waals surface area contributed by atoms with Gasteiger partial charge in [-0.25, -0.2) is 14.4 Å². The summed E-state index contributed by atoms with van der Waals surface area (Å²) in [7, 11) is 2.03. The molecular weight excluding hydrogens is 345 g/mol. The Kier molecular flexibility index (Phi) is 6.45. The second-order valence-corrected chi connectivity index (χ2v) is 6.91. The van der Waals surface area contributed by atoms with Crippen molar-refractivity contribution in [2.45, 2.75) is 26.8 Å². The van der Waals surface area contributed by atoms with Gasteiger partial charge in [0.25, 0.3) is 0 Å². The fraction of sp³-hybridized carbons (Fsp3) is 0.500. The van der Waals surface area contributed by atoms with Crippen LogP contribution in [0.5, 0.6) is 0 Å². The van der Waals surface area contributed by atoms with Crippen LogP contribution in [-0.4, -0.2) is 53.8 Å². The number of halogens is 1. The molecular formula is C20H28FN5O. The van der Waals surface area contributed by atoms with Crippen LogP contribution in [0.1, 0.15) is 24.7 Å². The Bertz CT molecular complexity index is 782. The van der Waals surface area contributed by atoms with Gasteiger partial charge in [0.1, 0.15) is 11.6 Å². The van der Waals surface area contributed by atoms with E-state index in [0.717, 1.165) is 50.1 Å². The topological polar surface area (TPSA) is 54.7 Å². The van der Waals surface area contributed by atoms with Gasteiger partial charge in [-0.3, -0.25) is 0 Å². The Hall–Kier alpha value is -2.41. The van der Waals surface area contributed by atoms with E-state index in [9.17, 15) is 4.39 Å². The first-order valence-electron chi connectivity index (χ1n) is 9.44. The lowest BCUT2D eigenvalue weighted by atomic mass is 10.1. The zero-order chi connectivity index (χ0) is 19.2. The lowest BCUT2D eigenvalue weighted by molar-refractivity contribution is 0.181. The first-order valence-corrected chi connectivity index (χ1v) is 9.44. The van der Waals surface area contributed by atoms with Crippen LogP contribution >= 0.6 is 0 Å². The predicted molar refractivity (Wildman–Crippen MR) is 105 cm³/mol. The number of rotatable bonds is 6. The van der Waals surface area contributed by atoms with E-state index in [-0.39, 0.29) is 5.82 Å². The number of ether oxygens (including phenoxy) is 1. The van der Waals surface area contributed by atoms with Crippen molar-refractivity contribution in [1.29, 1.82) is 0 Å². The summed E-state index contributed by atoms with van der Waals surface area (Å²) in [6.07, 6.45) is 4.52. The standard InChI is InChI=1S/C20H28FN5O/c1-4-22-20(25(3)13-17-7-10-27-14-17)24-12-16-5-6-19(18(21)11-16)26-9-8-23-15(26)2/h5-6,8-9,11,17H,4,7,10,12-14H2,1-3H3,(H,22,24). The Balaban J connectivity index is 1.70. The van der Waals surface area contributed by atoms with Gasteiger partial charge >= 0.3 is 0 Å². The lowest BCUT2D eigenvalue weighted by Gasteiger charge is -2.24. The van der Waals surface area contributed by atoms with E-state index in [1.807, 2.05) is 27.0 Å². The molecule has 1 fully saturated rings. The van der Waals surface area contributed by atoms with Crippen LogP contribution in [0.2, 0.25) is 0 Å². The highest BCUT2D eigenvalue weighted by Crippen LogP contribution is 2.18. The summed E-state index contributed by atoms with van der Waals surface area (Å²) in [5.41, 5.74) is 1.34. The van der Waals surface area contributed by atoms with Crippen LogP contribution in [-0.2, 0) is 11.3 Å². The molecule has 1 aromatic heterocycles. The number of hydrogen-bond donors (Lipinski definition) is 1. The number of aromatic nitrogens is 2. The van der Waals surface area contributed by atoms with Crippen LogP contribution in [0.25, 0.3) is 5.69 Å². The largest absolute Gasteiger partial charge is 0.381 e. The van der Waals surface area contributed by atoms with Gasteiger partial charge in [0.2, 0.25) is 0 Å². The van der Waals surface area contributed by atoms with E-state index in [2.05, 4.69) is 20.2 Å². The highest BCUT2D eigenvalue weighted by molar-refractivity contribution is 5.79. The summed E-state index contributed by atoms with van der Waals surface area (Å²) in [5.74, 6) is 1.85. The van der Waals surface area contributed by atoms with Crippen LogP contribution in [0.4, 0.5) is 4.39 Å². The van der Waals surface area contributed by atoms with Gasteiger partial charge in [0.15, 0.2) is 5.96 Å². The van der Waals surface area contributed by atoms with Crippen molar-refractivity contribution in [3.05, 3.63) is 47.8 Å². The van der Waals surface area contributed by atoms with E-state index in [0.29, 0.717) is 18.2 Å². The molecule has 1 atom stereocenters. The molecule has 1 unspecified atom stereocenters. The van der Waals surface area contributed by atoms with Crippen molar-refractivity contribution < 1.29 is 9.13 Å². The van der Waals surface area contributed by atoms with E-state index in [1.165, 1.54) is 0 Å². The Morgan fingerprint density at radius 3 is 2.96 bits per heavy atom. The molecule has 27 heavy (non-hydrogen) atoms. The number of aliphatic imine (C=N–C) groups is 1. The van der Waals surface area contributed by atoms with Gasteiger partial charge in [0.05, 0.1) is 18.8 Å². The lowest BCUT2D eigenvalue weighted by Crippen LogP contribution is -2.41. The van der Waals surface area contributed by atoms with Gasteiger partial charge in [-0.1, -0.05) is 6.07 Å². The van der Waals surface area contributed by atoms with E-state index in [1.54, 1.807) is 29.1 Å². The SMILES string of the molecule is CCNC(=NCc1ccc(-n2ccnc2C)c(F)c1)N(C)CC1CCOC1. The van der Waals surface area contributed by atoms with Crippen molar-refractivity contribution in [2.24, 2.45) is 10.9 Å². The second-order valence-electron chi connectivity index (χ2n) is 6.91. The molecule has 1 saturated heterocycles. The molecule has 3 rings (SSSR count). The van der Waals surface area contributed by atoms with Crippen LogP contribution in [0.15, 0.2) is 35.6 Å². The molecule has 7 heteroatoms. The van der Waals surface area contributed by atoms with Crippen molar-refractivity contribution in [3.8, 4) is 5.69 Å². The Morgan fingerprint density at radius 1 is 1.48 bits per heavy atom. The summed E-state index contributed by atoms with van der Waals surface area (Å²) in [6, 6.07) is 5.24. The highest BCUT2D eigenvalue weighted by atomic mass is 19.1. The number of guanidine groups is 1. The smallest absolute Gasteiger partial charge is 0.193 e. The molecule has 1 N–H and O–H groups in total. The average molecular weight is 373 g/mol. The normalized spacial score (nSPS) is 17.3. The summed E-state index contributed by atoms with van der Waals surface area (Å²) in [6.45, 7) is 7.67. The molecule has 6 nitrogen and oxygen atoms in total. The minimum Gasteiger partial charge on any atom is -0.381 e. The number of nitrogens with one attached hydrogen (secondary N) is 1. The van der Waals surface area contributed by atoms with Crippen LogP contribution in [0, 0.1) is 18.7 Å². The molecule has 0 amide bonds. The number of aryl methyl sites for hydroxylation is 1. The maximum Gasteiger partial charge on any atom is 0.193 e. The van der Waals surface area contributed by atoms with Crippen LogP contribution < -0.4 is 5.32 Å². The van der Waals surface area contributed by atoms with Crippen molar-refractivity contribution in [1.82, 2.24) is 19.8 Å². The minimum atomic E-state index is -0.273. The second kappa shape index (κ2) is 8.99. The molecule has 146 valence electrons. The molecule has 1 aromatic carbocycles. The van der Waals surface area contributed by atoms with Crippen molar-refractivity contribution in [3.63, 3.8) is 0 Å². The maximum absolute atomic E-state index is 14.6. The molecule has 2 heterocycles. The average Bonchev–Trinajstić information content (AvgIpc) is 3.30. The van der Waals surface area contributed by atoms with Gasteiger partial charge in [0, 0.05) is 45.1 Å². The first-order chi connectivity index (χ1) is 13.1. The fourth-order valence-corrected chi connectivity index (χ4v) is 3.31. The quantitative estimate of drug-likeness (QED) is 0.625. The third-order valence-corrected chi connectivity index (χ3v) is 4.76. The molecule has 1 aliphatic rings. The molecule has 1 aliphatic heterocycles. The monoisotopic (exact) mass is 373 g/mol. The summed E-state index contributed by atoms with van der Waals surface area (Å²) < 4.78 is 21.8. The third kappa shape index (κ3) is 4.86. The van der Waals surface area contributed by atoms with Gasteiger partial charge in [-0.05, 0) is 38.0 Å². The zero-order valence-corrected chi connectivity index (χ0v) is 16.3. The summed E-state index contributed by atoms with van der Waals surface area (Å²) in [5, 5.41) is 3.31. The third-order valence-electron chi connectivity index (χ3n) is 4.76. The van der Waals surface area contributed by atoms with Crippen LogP contribution in [0.3, 0.4) is 0 Å². The molecule has 0 radical (unpaired) electrons. The molecule has 0 spiro atoms. The Morgan fingerprint density at radius 2 is 2.33 bits per heavy atom. The van der Waals surface area contributed by atoms with Gasteiger partial charge in [-0.15, -0.1) is 0 Å². The van der Waals surface area contributed by atoms with Gasteiger partial charge in [-0.2, -0.15) is 0 Å². The minimum absolute atomic E-state index is 0.273. The number of imidazole rings is 1.